The topological polar surface area (TPSA) is 20.7 Å². The SMILES string of the molecule is CCCCCCCCn1c(=S)[nH]c2ccc(F)c(F)c21. The van der Waals surface area contributed by atoms with Gasteiger partial charge in [-0.3, -0.25) is 0 Å². The van der Waals surface area contributed by atoms with E-state index < -0.39 is 11.6 Å². The molecule has 0 fully saturated rings. The van der Waals surface area contributed by atoms with Gasteiger partial charge in [-0.25, -0.2) is 8.78 Å². The molecule has 0 saturated carbocycles. The highest BCUT2D eigenvalue weighted by Crippen LogP contribution is 2.21. The molecule has 0 unspecified atom stereocenters. The van der Waals surface area contributed by atoms with Crippen LogP contribution in [0, 0.1) is 16.4 Å². The quantitative estimate of drug-likeness (QED) is 0.540. The summed E-state index contributed by atoms with van der Waals surface area (Å²) in [5.74, 6) is -1.65. The molecule has 2 nitrogen and oxygen atoms in total. The van der Waals surface area contributed by atoms with E-state index >= 15 is 0 Å². The van der Waals surface area contributed by atoms with Gasteiger partial charge in [-0.15, -0.1) is 0 Å². The van der Waals surface area contributed by atoms with Gasteiger partial charge in [-0.1, -0.05) is 39.0 Å². The number of rotatable bonds is 7. The molecule has 0 atom stereocenters. The molecule has 20 heavy (non-hydrogen) atoms. The van der Waals surface area contributed by atoms with E-state index in [0.717, 1.165) is 18.9 Å². The van der Waals surface area contributed by atoms with Gasteiger partial charge >= 0.3 is 0 Å². The van der Waals surface area contributed by atoms with Crippen molar-refractivity contribution in [2.24, 2.45) is 0 Å². The molecule has 0 spiro atoms. The number of H-pyrrole nitrogens is 1. The van der Waals surface area contributed by atoms with Crippen molar-refractivity contribution in [3.8, 4) is 0 Å². The Balaban J connectivity index is 2.08. The summed E-state index contributed by atoms with van der Waals surface area (Å²) < 4.78 is 29.3. The van der Waals surface area contributed by atoms with Crippen LogP contribution in [0.3, 0.4) is 0 Å². The van der Waals surface area contributed by atoms with Crippen LogP contribution in [0.15, 0.2) is 12.1 Å². The van der Waals surface area contributed by atoms with E-state index in [9.17, 15) is 8.78 Å². The highest BCUT2D eigenvalue weighted by atomic mass is 32.1. The van der Waals surface area contributed by atoms with Crippen molar-refractivity contribution in [1.82, 2.24) is 9.55 Å². The summed E-state index contributed by atoms with van der Waals surface area (Å²) in [5.41, 5.74) is 0.809. The molecule has 0 aliphatic heterocycles. The number of halogens is 2. The molecule has 1 N–H and O–H groups in total. The molecular formula is C15H20F2N2S. The summed E-state index contributed by atoms with van der Waals surface area (Å²) in [5, 5.41) is 0. The Morgan fingerprint density at radius 2 is 1.80 bits per heavy atom. The molecule has 1 heterocycles. The van der Waals surface area contributed by atoms with E-state index in [4.69, 9.17) is 12.2 Å². The maximum absolute atomic E-state index is 13.9. The third-order valence-corrected chi connectivity index (χ3v) is 3.88. The van der Waals surface area contributed by atoms with Crippen molar-refractivity contribution in [1.29, 1.82) is 0 Å². The van der Waals surface area contributed by atoms with E-state index in [1.54, 1.807) is 4.57 Å². The van der Waals surface area contributed by atoms with Gasteiger partial charge in [-0.2, -0.15) is 0 Å². The Morgan fingerprint density at radius 3 is 2.55 bits per heavy atom. The minimum atomic E-state index is -0.830. The Labute approximate surface area is 122 Å². The number of aryl methyl sites for hydroxylation is 1. The monoisotopic (exact) mass is 298 g/mol. The third kappa shape index (κ3) is 3.26. The van der Waals surface area contributed by atoms with Crippen molar-refractivity contribution in [2.45, 2.75) is 52.0 Å². The molecule has 1 aromatic carbocycles. The maximum Gasteiger partial charge on any atom is 0.184 e. The third-order valence-electron chi connectivity index (χ3n) is 3.56. The summed E-state index contributed by atoms with van der Waals surface area (Å²) >= 11 is 5.19. The first-order valence-corrected chi connectivity index (χ1v) is 7.62. The first kappa shape index (κ1) is 15.2. The van der Waals surface area contributed by atoms with Crippen LogP contribution in [0.1, 0.15) is 45.4 Å². The number of nitrogens with one attached hydrogen (secondary N) is 1. The number of unbranched alkanes of at least 4 members (excludes halogenated alkanes) is 5. The summed E-state index contributed by atoms with van der Waals surface area (Å²) in [7, 11) is 0. The number of nitrogens with zero attached hydrogens (tertiary/aromatic N) is 1. The van der Waals surface area contributed by atoms with Gasteiger partial charge in [0.15, 0.2) is 16.4 Å². The number of aromatic nitrogens is 2. The average Bonchev–Trinajstić information content (AvgIpc) is 2.75. The zero-order valence-corrected chi connectivity index (χ0v) is 12.5. The second kappa shape index (κ2) is 6.97. The van der Waals surface area contributed by atoms with Gasteiger partial charge in [0.05, 0.1) is 5.52 Å². The molecule has 0 saturated heterocycles. The standard InChI is InChI=1S/C15H20F2N2S/c1-2-3-4-5-6-7-10-19-14-12(18-15(19)20)9-8-11(16)13(14)17/h8-9H,2-7,10H2,1H3,(H,18,20). The summed E-state index contributed by atoms with van der Waals surface area (Å²) in [6, 6.07) is 2.65. The lowest BCUT2D eigenvalue weighted by molar-refractivity contribution is 0.506. The van der Waals surface area contributed by atoms with Gasteiger partial charge in [-0.05, 0) is 30.8 Å². The van der Waals surface area contributed by atoms with Gasteiger partial charge in [0.2, 0.25) is 0 Å². The maximum atomic E-state index is 13.9. The zero-order valence-electron chi connectivity index (χ0n) is 11.7. The van der Waals surface area contributed by atoms with Gasteiger partial charge in [0.1, 0.15) is 5.52 Å². The molecular weight excluding hydrogens is 278 g/mol. The number of benzene rings is 1. The van der Waals surface area contributed by atoms with Crippen LogP contribution in [-0.2, 0) is 6.54 Å². The first-order valence-electron chi connectivity index (χ1n) is 7.21. The number of hydrogen-bond acceptors (Lipinski definition) is 1. The molecule has 2 aromatic rings. The molecule has 0 radical (unpaired) electrons. The van der Waals surface area contributed by atoms with Crippen LogP contribution in [-0.4, -0.2) is 9.55 Å². The number of aromatic amines is 1. The Morgan fingerprint density at radius 1 is 1.10 bits per heavy atom. The minimum Gasteiger partial charge on any atom is -0.330 e. The fourth-order valence-electron chi connectivity index (χ4n) is 2.45. The van der Waals surface area contributed by atoms with E-state index in [1.165, 1.54) is 31.7 Å². The van der Waals surface area contributed by atoms with E-state index in [2.05, 4.69) is 11.9 Å². The molecule has 1 aromatic heterocycles. The van der Waals surface area contributed by atoms with Crippen molar-refractivity contribution in [2.75, 3.05) is 0 Å². The fraction of sp³-hybridized carbons (Fsp3) is 0.533. The number of hydrogen-bond donors (Lipinski definition) is 1. The van der Waals surface area contributed by atoms with Gasteiger partial charge < -0.3 is 9.55 Å². The van der Waals surface area contributed by atoms with Crippen LogP contribution >= 0.6 is 12.2 Å². The van der Waals surface area contributed by atoms with Crippen molar-refractivity contribution >= 4 is 23.3 Å². The van der Waals surface area contributed by atoms with Crippen LogP contribution in [0.5, 0.6) is 0 Å². The Hall–Kier alpha value is -1.23. The lowest BCUT2D eigenvalue weighted by Crippen LogP contribution is -2.00. The Bertz CT molecular complexity index is 631. The molecule has 0 aliphatic rings. The predicted molar refractivity (Wildman–Crippen MR) is 80.4 cm³/mol. The van der Waals surface area contributed by atoms with Crippen molar-refractivity contribution in [3.63, 3.8) is 0 Å². The van der Waals surface area contributed by atoms with Crippen LogP contribution < -0.4 is 0 Å². The highest BCUT2D eigenvalue weighted by molar-refractivity contribution is 7.71. The Kier molecular flexibility index (Phi) is 5.29. The molecule has 5 heteroatoms. The number of imidazole rings is 1. The summed E-state index contributed by atoms with van der Waals surface area (Å²) in [4.78, 5) is 2.93. The van der Waals surface area contributed by atoms with Crippen LogP contribution in [0.2, 0.25) is 0 Å². The van der Waals surface area contributed by atoms with E-state index in [1.807, 2.05) is 0 Å². The van der Waals surface area contributed by atoms with Crippen molar-refractivity contribution < 1.29 is 8.78 Å². The lowest BCUT2D eigenvalue weighted by atomic mass is 10.1. The minimum absolute atomic E-state index is 0.253. The van der Waals surface area contributed by atoms with Crippen LogP contribution in [0.4, 0.5) is 8.78 Å². The molecule has 110 valence electrons. The summed E-state index contributed by atoms with van der Waals surface area (Å²) in [6.45, 7) is 2.81. The van der Waals surface area contributed by atoms with Gasteiger partial charge in [0, 0.05) is 6.54 Å². The zero-order chi connectivity index (χ0) is 14.5. The van der Waals surface area contributed by atoms with Crippen molar-refractivity contribution in [3.05, 3.63) is 28.5 Å². The second-order valence-corrected chi connectivity index (χ2v) is 5.49. The largest absolute Gasteiger partial charge is 0.330 e. The number of fused-ring (bicyclic) bond motifs is 1. The lowest BCUT2D eigenvalue weighted by Gasteiger charge is -2.05. The molecule has 2 rings (SSSR count). The highest BCUT2D eigenvalue weighted by Gasteiger charge is 2.13. The average molecular weight is 298 g/mol. The predicted octanol–water partition coefficient (Wildman–Crippen LogP) is 5.34. The molecule has 0 aliphatic carbocycles. The molecule has 0 bridgehead atoms. The fourth-order valence-corrected chi connectivity index (χ4v) is 2.75. The van der Waals surface area contributed by atoms with Crippen LogP contribution in [0.25, 0.3) is 11.0 Å². The first-order chi connectivity index (χ1) is 9.65. The van der Waals surface area contributed by atoms with E-state index in [-0.39, 0.29) is 5.52 Å². The smallest absolute Gasteiger partial charge is 0.184 e. The summed E-state index contributed by atoms with van der Waals surface area (Å²) in [6.07, 6.45) is 6.91. The normalized spacial score (nSPS) is 11.3. The molecule has 0 amide bonds. The van der Waals surface area contributed by atoms with E-state index in [0.29, 0.717) is 16.8 Å². The van der Waals surface area contributed by atoms with Gasteiger partial charge in [0.25, 0.3) is 0 Å². The second-order valence-electron chi connectivity index (χ2n) is 5.11.